The summed E-state index contributed by atoms with van der Waals surface area (Å²) < 4.78 is 0. The van der Waals surface area contributed by atoms with E-state index in [1.807, 2.05) is 31.2 Å². The first kappa shape index (κ1) is 19.6. The number of carbonyl (C=O) groups excluding carboxylic acids is 1. The Labute approximate surface area is 175 Å². The highest BCUT2D eigenvalue weighted by Crippen LogP contribution is 2.34. The summed E-state index contributed by atoms with van der Waals surface area (Å²) in [6.07, 6.45) is 5.86. The highest BCUT2D eigenvalue weighted by atomic mass is 16.4. The predicted molar refractivity (Wildman–Crippen MR) is 121 cm³/mol. The number of aryl methyl sites for hydroxylation is 1. The Bertz CT molecular complexity index is 1270. The first-order valence-electron chi connectivity index (χ1n) is 9.98. The van der Waals surface area contributed by atoms with E-state index in [0.29, 0.717) is 17.6 Å². The van der Waals surface area contributed by atoms with Crippen molar-refractivity contribution in [1.82, 2.24) is 0 Å². The number of carbonyl (C=O) groups is 2. The Morgan fingerprint density at radius 3 is 2.33 bits per heavy atom. The van der Waals surface area contributed by atoms with Gasteiger partial charge in [0.05, 0.1) is 5.56 Å². The van der Waals surface area contributed by atoms with Crippen LogP contribution in [0.1, 0.15) is 40.4 Å². The summed E-state index contributed by atoms with van der Waals surface area (Å²) in [5.74, 6) is -0.975. The molecule has 4 rings (SSSR count). The molecule has 0 amide bonds. The van der Waals surface area contributed by atoms with Crippen LogP contribution in [0.2, 0.25) is 0 Å². The zero-order chi connectivity index (χ0) is 21.3. The van der Waals surface area contributed by atoms with Crippen LogP contribution in [0.25, 0.3) is 16.3 Å². The zero-order valence-electron chi connectivity index (χ0n) is 17.0. The minimum absolute atomic E-state index is 0.00102. The summed E-state index contributed by atoms with van der Waals surface area (Å²) >= 11 is 0. The van der Waals surface area contributed by atoms with Crippen molar-refractivity contribution in [2.45, 2.75) is 20.3 Å². The van der Waals surface area contributed by atoms with Crippen molar-refractivity contribution in [2.75, 3.05) is 0 Å². The number of hydrogen-bond acceptors (Lipinski definition) is 2. The summed E-state index contributed by atoms with van der Waals surface area (Å²) in [4.78, 5) is 24.1. The highest BCUT2D eigenvalue weighted by Gasteiger charge is 2.20. The molecule has 30 heavy (non-hydrogen) atoms. The molecule has 1 aliphatic rings. The molecule has 0 bridgehead atoms. The van der Waals surface area contributed by atoms with Gasteiger partial charge in [0.1, 0.15) is 0 Å². The van der Waals surface area contributed by atoms with Gasteiger partial charge in [-0.2, -0.15) is 0 Å². The van der Waals surface area contributed by atoms with Crippen molar-refractivity contribution in [2.24, 2.45) is 0 Å². The summed E-state index contributed by atoms with van der Waals surface area (Å²) in [7, 11) is 0. The van der Waals surface area contributed by atoms with Gasteiger partial charge in [0.25, 0.3) is 0 Å². The molecule has 0 aromatic heterocycles. The van der Waals surface area contributed by atoms with Crippen LogP contribution in [0.5, 0.6) is 0 Å². The van der Waals surface area contributed by atoms with E-state index in [1.54, 1.807) is 24.3 Å². The first-order valence-corrected chi connectivity index (χ1v) is 9.98. The second-order valence-electron chi connectivity index (χ2n) is 7.47. The minimum atomic E-state index is -0.976. The number of carboxylic acids is 1. The van der Waals surface area contributed by atoms with Crippen LogP contribution in [0.4, 0.5) is 0 Å². The molecule has 3 aromatic carbocycles. The zero-order valence-corrected chi connectivity index (χ0v) is 17.0. The third-order valence-electron chi connectivity index (χ3n) is 5.44. The number of rotatable bonds is 4. The number of benzene rings is 3. The number of allylic oxidation sites excluding steroid dienone is 5. The van der Waals surface area contributed by atoms with Crippen molar-refractivity contribution in [3.05, 3.63) is 112 Å². The van der Waals surface area contributed by atoms with E-state index in [2.05, 4.69) is 37.3 Å². The molecule has 0 fully saturated rings. The molecule has 1 aliphatic carbocycles. The maximum absolute atomic E-state index is 12.2. The van der Waals surface area contributed by atoms with E-state index in [4.69, 9.17) is 0 Å². The lowest BCUT2D eigenvalue weighted by molar-refractivity contribution is -0.111. The molecule has 0 saturated heterocycles. The van der Waals surface area contributed by atoms with Crippen LogP contribution in [0, 0.1) is 6.92 Å². The lowest BCUT2D eigenvalue weighted by atomic mass is 9.86. The summed E-state index contributed by atoms with van der Waals surface area (Å²) in [5.41, 5.74) is 5.35. The first-order chi connectivity index (χ1) is 14.5. The van der Waals surface area contributed by atoms with Crippen LogP contribution in [-0.2, 0) is 4.79 Å². The monoisotopic (exact) mass is 394 g/mol. The van der Waals surface area contributed by atoms with Gasteiger partial charge in [-0.15, -0.1) is 0 Å². The van der Waals surface area contributed by atoms with Crippen molar-refractivity contribution >= 4 is 28.1 Å². The average molecular weight is 394 g/mol. The molecule has 0 spiro atoms. The normalized spacial score (nSPS) is 15.3. The number of carboxylic acid groups (broad SMARTS) is 1. The molecule has 1 N–H and O–H groups in total. The van der Waals surface area contributed by atoms with Gasteiger partial charge < -0.3 is 5.11 Å². The predicted octanol–water partition coefficient (Wildman–Crippen LogP) is 6.12. The fraction of sp³-hybridized carbons (Fsp3) is 0.111. The molecule has 0 unspecified atom stereocenters. The SMILES string of the molecule is CCC1=CC(=C(c2ccc3cc(C)ccc3c2)c2ccccc2C(=O)O)C=CC1=O. The number of aromatic carboxylic acids is 1. The van der Waals surface area contributed by atoms with E-state index in [9.17, 15) is 14.7 Å². The standard InChI is InChI=1S/C27H22O3/c1-3-18-15-22(12-13-25(18)28)26(23-6-4-5-7-24(23)27(29)30)21-11-10-19-14-17(2)8-9-20(19)16-21/h4-16H,3H2,1-2H3,(H,29,30). The van der Waals surface area contributed by atoms with Gasteiger partial charge in [0, 0.05) is 0 Å². The number of fused-ring (bicyclic) bond motifs is 1. The Morgan fingerprint density at radius 2 is 1.60 bits per heavy atom. The van der Waals surface area contributed by atoms with Crippen LogP contribution in [0.3, 0.4) is 0 Å². The van der Waals surface area contributed by atoms with E-state index in [1.165, 1.54) is 5.56 Å². The molecule has 0 heterocycles. The average Bonchev–Trinajstić information content (AvgIpc) is 2.75. The third kappa shape index (κ3) is 3.62. The lowest BCUT2D eigenvalue weighted by Crippen LogP contribution is -2.07. The Kier molecular flexibility index (Phi) is 5.20. The lowest BCUT2D eigenvalue weighted by Gasteiger charge is -2.17. The maximum Gasteiger partial charge on any atom is 0.336 e. The quantitative estimate of drug-likeness (QED) is 0.580. The van der Waals surface area contributed by atoms with E-state index in [-0.39, 0.29) is 11.3 Å². The Balaban J connectivity index is 2.03. The smallest absolute Gasteiger partial charge is 0.336 e. The molecule has 3 heteroatoms. The topological polar surface area (TPSA) is 54.4 Å². The Morgan fingerprint density at radius 1 is 0.900 bits per heavy atom. The molecule has 0 atom stereocenters. The second kappa shape index (κ2) is 7.96. The van der Waals surface area contributed by atoms with Crippen LogP contribution in [-0.4, -0.2) is 16.9 Å². The third-order valence-corrected chi connectivity index (χ3v) is 5.44. The van der Waals surface area contributed by atoms with Crippen LogP contribution >= 0.6 is 0 Å². The van der Waals surface area contributed by atoms with E-state index < -0.39 is 5.97 Å². The summed E-state index contributed by atoms with van der Waals surface area (Å²) in [6.45, 7) is 4.01. The fourth-order valence-electron chi connectivity index (χ4n) is 3.90. The van der Waals surface area contributed by atoms with E-state index >= 15 is 0 Å². The Hall–Kier alpha value is -3.72. The van der Waals surface area contributed by atoms with Gasteiger partial charge >= 0.3 is 5.97 Å². The second-order valence-corrected chi connectivity index (χ2v) is 7.47. The van der Waals surface area contributed by atoms with Crippen molar-refractivity contribution in [3.8, 4) is 0 Å². The van der Waals surface area contributed by atoms with Gasteiger partial charge in [-0.05, 0) is 76.2 Å². The van der Waals surface area contributed by atoms with Crippen molar-refractivity contribution in [1.29, 1.82) is 0 Å². The van der Waals surface area contributed by atoms with Gasteiger partial charge in [0.15, 0.2) is 5.78 Å². The van der Waals surface area contributed by atoms with Crippen molar-refractivity contribution in [3.63, 3.8) is 0 Å². The fourth-order valence-corrected chi connectivity index (χ4v) is 3.90. The van der Waals surface area contributed by atoms with Gasteiger partial charge in [-0.3, -0.25) is 4.79 Å². The minimum Gasteiger partial charge on any atom is -0.478 e. The molecular weight excluding hydrogens is 372 g/mol. The highest BCUT2D eigenvalue weighted by molar-refractivity contribution is 6.08. The summed E-state index contributed by atoms with van der Waals surface area (Å²) in [6, 6.07) is 19.5. The van der Waals surface area contributed by atoms with E-state index in [0.717, 1.165) is 27.5 Å². The molecule has 0 saturated carbocycles. The largest absolute Gasteiger partial charge is 0.478 e. The maximum atomic E-state index is 12.2. The van der Waals surface area contributed by atoms with Crippen molar-refractivity contribution < 1.29 is 14.7 Å². The number of ketones is 1. The van der Waals surface area contributed by atoms with Crippen LogP contribution in [0.15, 0.2) is 90.0 Å². The molecular formula is C27H22O3. The number of hydrogen-bond donors (Lipinski definition) is 1. The molecule has 0 aliphatic heterocycles. The van der Waals surface area contributed by atoms with Gasteiger partial charge in [0.2, 0.25) is 0 Å². The van der Waals surface area contributed by atoms with Gasteiger partial charge in [-0.1, -0.05) is 67.1 Å². The molecule has 0 radical (unpaired) electrons. The van der Waals surface area contributed by atoms with Gasteiger partial charge in [-0.25, -0.2) is 4.79 Å². The molecule has 3 nitrogen and oxygen atoms in total. The molecule has 148 valence electrons. The van der Waals surface area contributed by atoms with Crippen LogP contribution < -0.4 is 0 Å². The summed E-state index contributed by atoms with van der Waals surface area (Å²) in [5, 5.41) is 12.0. The molecule has 3 aromatic rings.